The van der Waals surface area contributed by atoms with Crippen molar-refractivity contribution >= 4 is 27.9 Å². The second-order valence-corrected chi connectivity index (χ2v) is 6.15. The Morgan fingerprint density at radius 2 is 1.96 bits per heavy atom. The van der Waals surface area contributed by atoms with Crippen molar-refractivity contribution in [3.8, 4) is 0 Å². The second kappa shape index (κ2) is 6.28. The fourth-order valence-electron chi connectivity index (χ4n) is 2.85. The van der Waals surface area contributed by atoms with Gasteiger partial charge in [-0.05, 0) is 42.2 Å². The molecule has 0 heterocycles. The number of carbonyl (C=O) groups is 2. The lowest BCUT2D eigenvalue weighted by atomic mass is 9.70. The summed E-state index contributed by atoms with van der Waals surface area (Å²) in [4.78, 5) is 23.5. The number of carboxylic acid groups (broad SMARTS) is 2. The molecule has 0 radical (unpaired) electrons. The molecule has 0 bridgehead atoms. The topological polar surface area (TPSA) is 74.6 Å². The molecule has 0 saturated heterocycles. The van der Waals surface area contributed by atoms with Crippen LogP contribution in [-0.2, 0) is 20.3 Å². The molecule has 1 aromatic carbocycles. The first-order valence-corrected chi connectivity index (χ1v) is 8.07. The first kappa shape index (κ1) is 17.4. The van der Waals surface area contributed by atoms with Gasteiger partial charge in [0.1, 0.15) is 11.2 Å². The maximum Gasteiger partial charge on any atom is 0.331 e. The molecule has 1 aromatic rings. The minimum atomic E-state index is -1.52. The summed E-state index contributed by atoms with van der Waals surface area (Å²) in [6, 6.07) is 2.65. The Balaban J connectivity index is 2.72. The van der Waals surface area contributed by atoms with Gasteiger partial charge in [0, 0.05) is 17.3 Å². The molecule has 1 aliphatic rings. The largest absolute Gasteiger partial charge is 0.480 e. The number of aliphatic carboxylic acids is 2. The number of rotatable bonds is 4. The van der Waals surface area contributed by atoms with Crippen molar-refractivity contribution in [3.63, 3.8) is 0 Å². The van der Waals surface area contributed by atoms with E-state index in [0.717, 1.165) is 0 Å². The summed E-state index contributed by atoms with van der Waals surface area (Å²) in [6.07, 6.45) is 2.83. The lowest BCUT2D eigenvalue weighted by molar-refractivity contribution is -0.142. The number of benzene rings is 1. The van der Waals surface area contributed by atoms with Crippen LogP contribution in [0.2, 0.25) is 0 Å². The van der Waals surface area contributed by atoms with Crippen LogP contribution in [0.25, 0.3) is 0 Å². The monoisotopic (exact) mass is 382 g/mol. The molecule has 0 spiro atoms. The molecule has 0 amide bonds. The predicted molar refractivity (Wildman–Crippen MR) is 87.2 cm³/mol. The molecule has 0 aliphatic heterocycles. The zero-order valence-electron chi connectivity index (χ0n) is 12.7. The summed E-state index contributed by atoms with van der Waals surface area (Å²) in [7, 11) is 0. The Labute approximate surface area is 141 Å². The first-order chi connectivity index (χ1) is 10.7. The Morgan fingerprint density at radius 3 is 2.48 bits per heavy atom. The minimum absolute atomic E-state index is 0.0531. The summed E-state index contributed by atoms with van der Waals surface area (Å²) in [5.41, 5.74) is 0.349. The first-order valence-electron chi connectivity index (χ1n) is 6.94. The van der Waals surface area contributed by atoms with Gasteiger partial charge in [0.25, 0.3) is 0 Å². The highest BCUT2D eigenvalue weighted by atomic mass is 79.9. The average molecular weight is 383 g/mol. The molecule has 4 nitrogen and oxygen atoms in total. The molecule has 0 fully saturated rings. The smallest absolute Gasteiger partial charge is 0.331 e. The Hall–Kier alpha value is -1.95. The van der Waals surface area contributed by atoms with Gasteiger partial charge < -0.3 is 10.2 Å². The second-order valence-electron chi connectivity index (χ2n) is 5.59. The summed E-state index contributed by atoms with van der Waals surface area (Å²) in [5, 5.41) is 19.5. The van der Waals surface area contributed by atoms with Crippen molar-refractivity contribution in [3.05, 3.63) is 57.9 Å². The van der Waals surface area contributed by atoms with Gasteiger partial charge in [-0.25, -0.2) is 9.18 Å². The highest BCUT2D eigenvalue weighted by Gasteiger charge is 2.43. The number of hydrogen-bond donors (Lipinski definition) is 2. The molecule has 23 heavy (non-hydrogen) atoms. The third-order valence-electron chi connectivity index (χ3n) is 4.34. The van der Waals surface area contributed by atoms with E-state index in [9.17, 15) is 24.2 Å². The summed E-state index contributed by atoms with van der Waals surface area (Å²) >= 11 is 3.28. The molecule has 2 rings (SSSR count). The van der Waals surface area contributed by atoms with Gasteiger partial charge in [0.15, 0.2) is 0 Å². The molecular weight excluding hydrogens is 367 g/mol. The van der Waals surface area contributed by atoms with E-state index in [-0.39, 0.29) is 17.3 Å². The van der Waals surface area contributed by atoms with Gasteiger partial charge in [0.2, 0.25) is 0 Å². The van der Waals surface area contributed by atoms with Crippen LogP contribution < -0.4 is 0 Å². The normalized spacial score (nSPS) is 20.7. The average Bonchev–Trinajstić information content (AvgIpc) is 2.50. The molecule has 1 aliphatic carbocycles. The van der Waals surface area contributed by atoms with Gasteiger partial charge in [-0.15, -0.1) is 0 Å². The Bertz CT molecular complexity index is 751. The quantitative estimate of drug-likeness (QED) is 0.778. The van der Waals surface area contributed by atoms with Crippen LogP contribution in [-0.4, -0.2) is 22.2 Å². The zero-order valence-corrected chi connectivity index (χ0v) is 14.3. The number of carboxylic acids is 2. The van der Waals surface area contributed by atoms with E-state index in [1.54, 1.807) is 13.8 Å². The van der Waals surface area contributed by atoms with Crippen LogP contribution in [0.1, 0.15) is 30.0 Å². The van der Waals surface area contributed by atoms with Crippen LogP contribution in [0.5, 0.6) is 0 Å². The minimum Gasteiger partial charge on any atom is -0.480 e. The molecule has 1 atom stereocenters. The maximum absolute atomic E-state index is 13.8. The van der Waals surface area contributed by atoms with Crippen molar-refractivity contribution in [1.29, 1.82) is 0 Å². The molecule has 2 N–H and O–H groups in total. The summed E-state index contributed by atoms with van der Waals surface area (Å²) in [6.45, 7) is 3.21. The summed E-state index contributed by atoms with van der Waals surface area (Å²) in [5.74, 6) is -2.72. The van der Waals surface area contributed by atoms with Crippen molar-refractivity contribution in [2.45, 2.75) is 31.0 Å². The third kappa shape index (κ3) is 2.83. The van der Waals surface area contributed by atoms with E-state index in [4.69, 9.17) is 0 Å². The van der Waals surface area contributed by atoms with E-state index < -0.39 is 23.2 Å². The van der Waals surface area contributed by atoms with Crippen molar-refractivity contribution < 1.29 is 24.2 Å². The number of allylic oxidation sites excluding steroid dienone is 2. The van der Waals surface area contributed by atoms with Crippen LogP contribution in [0.3, 0.4) is 0 Å². The van der Waals surface area contributed by atoms with E-state index in [0.29, 0.717) is 22.3 Å². The van der Waals surface area contributed by atoms with Gasteiger partial charge >= 0.3 is 11.9 Å². The lowest BCUT2D eigenvalue weighted by Gasteiger charge is -2.32. The third-order valence-corrected chi connectivity index (χ3v) is 4.90. The predicted octanol–water partition coefficient (Wildman–Crippen LogP) is 3.71. The number of alkyl halides is 1. The van der Waals surface area contributed by atoms with Gasteiger partial charge in [0.05, 0.1) is 0 Å². The number of hydrogen-bond acceptors (Lipinski definition) is 2. The van der Waals surface area contributed by atoms with Crippen LogP contribution in [0.15, 0.2) is 35.4 Å². The number of halogens is 2. The van der Waals surface area contributed by atoms with E-state index in [1.807, 2.05) is 0 Å². The Kier molecular flexibility index (Phi) is 4.75. The van der Waals surface area contributed by atoms with E-state index in [2.05, 4.69) is 15.9 Å². The molecule has 6 heteroatoms. The fraction of sp³-hybridized carbons (Fsp3) is 0.294. The van der Waals surface area contributed by atoms with E-state index in [1.165, 1.54) is 24.3 Å². The highest BCUT2D eigenvalue weighted by molar-refractivity contribution is 9.08. The van der Waals surface area contributed by atoms with Crippen LogP contribution in [0.4, 0.5) is 4.39 Å². The molecule has 122 valence electrons. The SMILES string of the molecule is CC1=C(C(=O)O)CC(C(=O)O)(c2ccc(F)c(C)c2CBr)C=C1. The standard InChI is InChI=1S/C17H16BrFO4/c1-9-5-6-17(16(22)23,7-11(9)15(20)21)13-3-4-14(19)10(2)12(13)8-18/h3-6H,7-8H2,1-2H3,(H,20,21)(H,22,23). The van der Waals surface area contributed by atoms with Crippen molar-refractivity contribution in [1.82, 2.24) is 0 Å². The van der Waals surface area contributed by atoms with E-state index >= 15 is 0 Å². The molecule has 1 unspecified atom stereocenters. The Morgan fingerprint density at radius 1 is 1.30 bits per heavy atom. The lowest BCUT2D eigenvalue weighted by Crippen LogP contribution is -2.38. The highest BCUT2D eigenvalue weighted by Crippen LogP contribution is 2.41. The van der Waals surface area contributed by atoms with Crippen molar-refractivity contribution in [2.75, 3.05) is 0 Å². The molecule has 0 aromatic heterocycles. The van der Waals surface area contributed by atoms with Crippen molar-refractivity contribution in [2.24, 2.45) is 0 Å². The van der Waals surface area contributed by atoms with Crippen LogP contribution >= 0.6 is 15.9 Å². The fourth-order valence-corrected chi connectivity index (χ4v) is 3.58. The summed E-state index contributed by atoms with van der Waals surface area (Å²) < 4.78 is 13.8. The maximum atomic E-state index is 13.8. The zero-order chi connectivity index (χ0) is 17.4. The van der Waals surface area contributed by atoms with Gasteiger partial charge in [-0.1, -0.05) is 34.1 Å². The van der Waals surface area contributed by atoms with Gasteiger partial charge in [-0.3, -0.25) is 4.79 Å². The van der Waals surface area contributed by atoms with Crippen LogP contribution in [0, 0.1) is 12.7 Å². The van der Waals surface area contributed by atoms with Gasteiger partial charge in [-0.2, -0.15) is 0 Å². The molecular formula is C17H16BrFO4. The molecule has 0 saturated carbocycles.